The van der Waals surface area contributed by atoms with Crippen molar-refractivity contribution in [1.29, 1.82) is 0 Å². The van der Waals surface area contributed by atoms with Gasteiger partial charge in [0.25, 0.3) is 0 Å². The summed E-state index contributed by atoms with van der Waals surface area (Å²) in [6, 6.07) is 6.70. The van der Waals surface area contributed by atoms with Crippen molar-refractivity contribution in [3.8, 4) is 0 Å². The Bertz CT molecular complexity index is 709. The van der Waals surface area contributed by atoms with E-state index in [0.717, 1.165) is 12.8 Å². The predicted octanol–water partition coefficient (Wildman–Crippen LogP) is 2.96. The zero-order valence-corrected chi connectivity index (χ0v) is 13.0. The van der Waals surface area contributed by atoms with E-state index in [0.29, 0.717) is 15.9 Å². The van der Waals surface area contributed by atoms with Gasteiger partial charge in [-0.05, 0) is 31.5 Å². The van der Waals surface area contributed by atoms with Crippen molar-refractivity contribution in [1.82, 2.24) is 9.88 Å². The topological polar surface area (TPSA) is 51.1 Å². The monoisotopic (exact) mass is 306 g/mol. The van der Waals surface area contributed by atoms with Crippen LogP contribution in [0, 0.1) is 0 Å². The van der Waals surface area contributed by atoms with Gasteiger partial charge in [-0.1, -0.05) is 24.9 Å². The Morgan fingerprint density at radius 1 is 1.38 bits per heavy atom. The molecule has 0 aliphatic carbocycles. The molecular formula is C16H19ClN2O2. The van der Waals surface area contributed by atoms with E-state index in [1.807, 2.05) is 6.92 Å². The van der Waals surface area contributed by atoms with Crippen molar-refractivity contribution in [2.45, 2.75) is 39.3 Å². The summed E-state index contributed by atoms with van der Waals surface area (Å²) in [6.45, 7) is 4.24. The number of carbonyl (C=O) groups excluding carboxylic acids is 1. The van der Waals surface area contributed by atoms with Crippen LogP contribution >= 0.6 is 11.6 Å². The summed E-state index contributed by atoms with van der Waals surface area (Å²) in [6.07, 6.45) is 3.60. The molecule has 1 aromatic carbocycles. The maximum atomic E-state index is 12.1. The van der Waals surface area contributed by atoms with E-state index in [-0.39, 0.29) is 23.9 Å². The number of halogens is 1. The Morgan fingerprint density at radius 2 is 2.14 bits per heavy atom. The second-order valence-corrected chi connectivity index (χ2v) is 5.66. The first-order chi connectivity index (χ1) is 10.0. The maximum Gasteiger partial charge on any atom is 0.240 e. The average Bonchev–Trinajstić information content (AvgIpc) is 2.42. The number of fused-ring (bicyclic) bond motifs is 1. The largest absolute Gasteiger partial charge is 0.352 e. The number of hydrogen-bond acceptors (Lipinski definition) is 2. The Labute approximate surface area is 128 Å². The van der Waals surface area contributed by atoms with E-state index in [4.69, 9.17) is 11.6 Å². The molecule has 0 spiro atoms. The number of benzene rings is 1. The fourth-order valence-corrected chi connectivity index (χ4v) is 2.56. The summed E-state index contributed by atoms with van der Waals surface area (Å²) in [5, 5.41) is 4.06. The Morgan fingerprint density at radius 3 is 2.86 bits per heavy atom. The van der Waals surface area contributed by atoms with Crippen LogP contribution < -0.4 is 10.7 Å². The number of amides is 1. The van der Waals surface area contributed by atoms with E-state index in [1.54, 1.807) is 29.0 Å². The molecule has 0 saturated heterocycles. The second-order valence-electron chi connectivity index (χ2n) is 5.23. The maximum absolute atomic E-state index is 12.1. The standard InChI is InChI=1S/C16H19ClN2O2/c1-3-4-11(2)18-16(21)10-19-8-7-15(20)13-6-5-12(17)9-14(13)19/h5-9,11H,3-4,10H2,1-2H3,(H,18,21)/t11-/m1/s1. The fourth-order valence-electron chi connectivity index (χ4n) is 2.40. The van der Waals surface area contributed by atoms with Gasteiger partial charge in [0.1, 0.15) is 6.54 Å². The molecule has 2 aromatic rings. The minimum absolute atomic E-state index is 0.0686. The molecule has 1 N–H and O–H groups in total. The number of hydrogen-bond donors (Lipinski definition) is 1. The van der Waals surface area contributed by atoms with Crippen LogP contribution in [0.1, 0.15) is 26.7 Å². The molecule has 112 valence electrons. The lowest BCUT2D eigenvalue weighted by Crippen LogP contribution is -2.35. The number of aromatic nitrogens is 1. The number of rotatable bonds is 5. The van der Waals surface area contributed by atoms with Crippen LogP contribution in [0.4, 0.5) is 0 Å². The minimum atomic E-state index is -0.0716. The van der Waals surface area contributed by atoms with Crippen molar-refractivity contribution in [3.05, 3.63) is 45.7 Å². The van der Waals surface area contributed by atoms with Crippen molar-refractivity contribution in [2.24, 2.45) is 0 Å². The first-order valence-corrected chi connectivity index (χ1v) is 7.47. The van der Waals surface area contributed by atoms with E-state index in [2.05, 4.69) is 12.2 Å². The number of nitrogens with zero attached hydrogens (tertiary/aromatic N) is 1. The zero-order valence-electron chi connectivity index (χ0n) is 12.2. The average molecular weight is 307 g/mol. The van der Waals surface area contributed by atoms with Gasteiger partial charge in [0, 0.05) is 28.7 Å². The van der Waals surface area contributed by atoms with Crippen LogP contribution in [0.5, 0.6) is 0 Å². The van der Waals surface area contributed by atoms with Crippen molar-refractivity contribution in [3.63, 3.8) is 0 Å². The third-order valence-electron chi connectivity index (χ3n) is 3.38. The van der Waals surface area contributed by atoms with Gasteiger partial charge in [-0.3, -0.25) is 9.59 Å². The van der Waals surface area contributed by atoms with Gasteiger partial charge in [-0.25, -0.2) is 0 Å². The SMILES string of the molecule is CCC[C@@H](C)NC(=O)Cn1ccc(=O)c2ccc(Cl)cc21. The molecule has 5 heteroatoms. The molecule has 21 heavy (non-hydrogen) atoms. The first-order valence-electron chi connectivity index (χ1n) is 7.09. The van der Waals surface area contributed by atoms with Crippen LogP contribution in [0.2, 0.25) is 5.02 Å². The quantitative estimate of drug-likeness (QED) is 0.923. The van der Waals surface area contributed by atoms with Crippen molar-refractivity contribution in [2.75, 3.05) is 0 Å². The zero-order chi connectivity index (χ0) is 15.4. The Kier molecular flexibility index (Phi) is 5.02. The highest BCUT2D eigenvalue weighted by Crippen LogP contribution is 2.16. The molecule has 4 nitrogen and oxygen atoms in total. The van der Waals surface area contributed by atoms with Crippen LogP contribution in [-0.2, 0) is 11.3 Å². The molecule has 0 bridgehead atoms. The number of nitrogens with one attached hydrogen (secondary N) is 1. The molecule has 0 radical (unpaired) electrons. The number of carbonyl (C=O) groups is 1. The molecule has 1 aromatic heterocycles. The molecule has 2 rings (SSSR count). The molecule has 1 amide bonds. The molecule has 1 heterocycles. The fraction of sp³-hybridized carbons (Fsp3) is 0.375. The highest BCUT2D eigenvalue weighted by atomic mass is 35.5. The highest BCUT2D eigenvalue weighted by Gasteiger charge is 2.09. The van der Waals surface area contributed by atoms with Gasteiger partial charge in [0.2, 0.25) is 5.91 Å². The third kappa shape index (κ3) is 3.85. The first kappa shape index (κ1) is 15.6. The van der Waals surface area contributed by atoms with Gasteiger partial charge in [0.05, 0.1) is 5.52 Å². The van der Waals surface area contributed by atoms with E-state index in [9.17, 15) is 9.59 Å². The number of pyridine rings is 1. The lowest BCUT2D eigenvalue weighted by Gasteiger charge is -2.15. The predicted molar refractivity (Wildman–Crippen MR) is 85.7 cm³/mol. The van der Waals surface area contributed by atoms with E-state index >= 15 is 0 Å². The van der Waals surface area contributed by atoms with Crippen molar-refractivity contribution >= 4 is 28.4 Å². The summed E-state index contributed by atoms with van der Waals surface area (Å²) in [7, 11) is 0. The molecule has 0 fully saturated rings. The summed E-state index contributed by atoms with van der Waals surface area (Å²) in [4.78, 5) is 23.9. The molecule has 0 saturated carbocycles. The smallest absolute Gasteiger partial charge is 0.240 e. The second kappa shape index (κ2) is 6.76. The Hall–Kier alpha value is -1.81. The summed E-state index contributed by atoms with van der Waals surface area (Å²) < 4.78 is 1.75. The summed E-state index contributed by atoms with van der Waals surface area (Å²) in [5.41, 5.74) is 0.603. The lowest BCUT2D eigenvalue weighted by atomic mass is 10.2. The van der Waals surface area contributed by atoms with Crippen LogP contribution in [0.15, 0.2) is 35.3 Å². The molecule has 0 unspecified atom stereocenters. The highest BCUT2D eigenvalue weighted by molar-refractivity contribution is 6.31. The third-order valence-corrected chi connectivity index (χ3v) is 3.62. The van der Waals surface area contributed by atoms with Gasteiger partial charge in [0.15, 0.2) is 5.43 Å². The normalized spacial score (nSPS) is 12.3. The van der Waals surface area contributed by atoms with Gasteiger partial charge in [-0.2, -0.15) is 0 Å². The van der Waals surface area contributed by atoms with Gasteiger partial charge >= 0.3 is 0 Å². The van der Waals surface area contributed by atoms with E-state index in [1.165, 1.54) is 6.07 Å². The van der Waals surface area contributed by atoms with Crippen LogP contribution in [-0.4, -0.2) is 16.5 Å². The lowest BCUT2D eigenvalue weighted by molar-refractivity contribution is -0.122. The van der Waals surface area contributed by atoms with Crippen molar-refractivity contribution < 1.29 is 4.79 Å². The van der Waals surface area contributed by atoms with Crippen LogP contribution in [0.3, 0.4) is 0 Å². The summed E-state index contributed by atoms with van der Waals surface area (Å²) >= 11 is 5.99. The molecular weight excluding hydrogens is 288 g/mol. The Balaban J connectivity index is 2.26. The van der Waals surface area contributed by atoms with Gasteiger partial charge < -0.3 is 9.88 Å². The van der Waals surface area contributed by atoms with Crippen LogP contribution in [0.25, 0.3) is 10.9 Å². The summed E-state index contributed by atoms with van der Waals surface area (Å²) in [5.74, 6) is -0.0686. The minimum Gasteiger partial charge on any atom is -0.352 e. The van der Waals surface area contributed by atoms with Gasteiger partial charge in [-0.15, -0.1) is 0 Å². The molecule has 0 aliphatic heterocycles. The molecule has 1 atom stereocenters. The molecule has 0 aliphatic rings. The van der Waals surface area contributed by atoms with E-state index < -0.39 is 0 Å².